The first-order valence-corrected chi connectivity index (χ1v) is 8.50. The van der Waals surface area contributed by atoms with Gasteiger partial charge in [-0.15, -0.1) is 0 Å². The summed E-state index contributed by atoms with van der Waals surface area (Å²) in [7, 11) is 0. The van der Waals surface area contributed by atoms with Crippen LogP contribution in [-0.2, 0) is 0 Å². The standard InChI is InChI=1S/C19H31N/c1-4-14-20-19(17-8-6-5-7-9-17)18-12-10-16(11-13-18)15(2)3/h5-9,15-16,18-20H,4,10-14H2,1-3H3. The molecule has 1 aliphatic rings. The molecular weight excluding hydrogens is 242 g/mol. The van der Waals surface area contributed by atoms with Gasteiger partial charge in [-0.3, -0.25) is 0 Å². The fourth-order valence-corrected chi connectivity index (χ4v) is 3.66. The summed E-state index contributed by atoms with van der Waals surface area (Å²) in [5.41, 5.74) is 1.48. The first-order chi connectivity index (χ1) is 9.72. The van der Waals surface area contributed by atoms with Crippen LogP contribution < -0.4 is 5.32 Å². The van der Waals surface area contributed by atoms with Gasteiger partial charge in [-0.25, -0.2) is 0 Å². The van der Waals surface area contributed by atoms with Crippen molar-refractivity contribution in [3.05, 3.63) is 35.9 Å². The molecular formula is C19H31N. The van der Waals surface area contributed by atoms with Crippen LogP contribution >= 0.6 is 0 Å². The van der Waals surface area contributed by atoms with Crippen molar-refractivity contribution < 1.29 is 0 Å². The largest absolute Gasteiger partial charge is 0.310 e. The maximum atomic E-state index is 3.80. The van der Waals surface area contributed by atoms with E-state index in [4.69, 9.17) is 0 Å². The second-order valence-corrected chi connectivity index (χ2v) is 6.76. The van der Waals surface area contributed by atoms with Gasteiger partial charge in [-0.2, -0.15) is 0 Å². The molecule has 1 aromatic rings. The normalized spacial score (nSPS) is 24.8. The smallest absolute Gasteiger partial charge is 0.0348 e. The molecule has 0 aliphatic heterocycles. The third-order valence-corrected chi connectivity index (χ3v) is 5.00. The predicted molar refractivity (Wildman–Crippen MR) is 87.8 cm³/mol. The topological polar surface area (TPSA) is 12.0 Å². The Morgan fingerprint density at radius 2 is 1.60 bits per heavy atom. The minimum atomic E-state index is 0.560. The van der Waals surface area contributed by atoms with Crippen LogP contribution in [0.3, 0.4) is 0 Å². The van der Waals surface area contributed by atoms with Crippen molar-refractivity contribution in [2.24, 2.45) is 17.8 Å². The SMILES string of the molecule is CCCNC(c1ccccc1)C1CCC(C(C)C)CC1. The molecule has 112 valence electrons. The molecule has 1 heteroatoms. The van der Waals surface area contributed by atoms with Gasteiger partial charge in [0, 0.05) is 6.04 Å². The predicted octanol–water partition coefficient (Wildman–Crippen LogP) is 5.19. The Morgan fingerprint density at radius 1 is 1.00 bits per heavy atom. The Hall–Kier alpha value is -0.820. The molecule has 1 aromatic carbocycles. The van der Waals surface area contributed by atoms with Gasteiger partial charge in [0.2, 0.25) is 0 Å². The van der Waals surface area contributed by atoms with Crippen LogP contribution in [-0.4, -0.2) is 6.54 Å². The van der Waals surface area contributed by atoms with Crippen LogP contribution in [0.1, 0.15) is 64.5 Å². The number of rotatable bonds is 6. The van der Waals surface area contributed by atoms with Gasteiger partial charge in [-0.05, 0) is 62.0 Å². The van der Waals surface area contributed by atoms with E-state index in [2.05, 4.69) is 56.4 Å². The summed E-state index contributed by atoms with van der Waals surface area (Å²) >= 11 is 0. The summed E-state index contributed by atoms with van der Waals surface area (Å²) in [6, 6.07) is 11.6. The summed E-state index contributed by atoms with van der Waals surface area (Å²) in [5, 5.41) is 3.80. The van der Waals surface area contributed by atoms with Crippen LogP contribution in [0.5, 0.6) is 0 Å². The summed E-state index contributed by atoms with van der Waals surface area (Å²) < 4.78 is 0. The van der Waals surface area contributed by atoms with E-state index < -0.39 is 0 Å². The van der Waals surface area contributed by atoms with Crippen LogP contribution in [0.4, 0.5) is 0 Å². The Bertz CT molecular complexity index is 363. The highest BCUT2D eigenvalue weighted by Crippen LogP contribution is 2.39. The molecule has 2 rings (SSSR count). The molecule has 1 saturated carbocycles. The molecule has 1 N–H and O–H groups in total. The minimum Gasteiger partial charge on any atom is -0.310 e. The molecule has 0 spiro atoms. The van der Waals surface area contributed by atoms with Gasteiger partial charge in [0.25, 0.3) is 0 Å². The Kier molecular flexibility index (Phi) is 6.09. The molecule has 20 heavy (non-hydrogen) atoms. The van der Waals surface area contributed by atoms with E-state index in [1.165, 1.54) is 37.7 Å². The fraction of sp³-hybridized carbons (Fsp3) is 0.684. The number of benzene rings is 1. The molecule has 1 fully saturated rings. The van der Waals surface area contributed by atoms with E-state index >= 15 is 0 Å². The van der Waals surface area contributed by atoms with Crippen molar-refractivity contribution in [3.8, 4) is 0 Å². The highest BCUT2D eigenvalue weighted by atomic mass is 14.9. The Balaban J connectivity index is 2.01. The number of hydrogen-bond acceptors (Lipinski definition) is 1. The van der Waals surface area contributed by atoms with Crippen molar-refractivity contribution in [1.82, 2.24) is 5.32 Å². The molecule has 0 radical (unpaired) electrons. The molecule has 0 saturated heterocycles. The highest BCUT2D eigenvalue weighted by molar-refractivity contribution is 5.20. The molecule has 0 aromatic heterocycles. The van der Waals surface area contributed by atoms with E-state index in [1.54, 1.807) is 0 Å². The maximum Gasteiger partial charge on any atom is 0.0348 e. The van der Waals surface area contributed by atoms with Crippen molar-refractivity contribution in [2.75, 3.05) is 6.54 Å². The Morgan fingerprint density at radius 3 is 2.15 bits per heavy atom. The Labute approximate surface area is 125 Å². The molecule has 1 nitrogen and oxygen atoms in total. The lowest BCUT2D eigenvalue weighted by Gasteiger charge is -2.36. The molecule has 0 bridgehead atoms. The van der Waals surface area contributed by atoms with Crippen LogP contribution in [0.15, 0.2) is 30.3 Å². The van der Waals surface area contributed by atoms with Crippen LogP contribution in [0.25, 0.3) is 0 Å². The molecule has 0 heterocycles. The minimum absolute atomic E-state index is 0.560. The second kappa shape index (κ2) is 7.83. The van der Waals surface area contributed by atoms with Crippen molar-refractivity contribution >= 4 is 0 Å². The monoisotopic (exact) mass is 273 g/mol. The van der Waals surface area contributed by atoms with Gasteiger partial charge in [0.15, 0.2) is 0 Å². The van der Waals surface area contributed by atoms with E-state index in [0.717, 1.165) is 24.3 Å². The lowest BCUT2D eigenvalue weighted by Crippen LogP contribution is -2.32. The third-order valence-electron chi connectivity index (χ3n) is 5.00. The van der Waals surface area contributed by atoms with Gasteiger partial charge in [0.1, 0.15) is 0 Å². The van der Waals surface area contributed by atoms with E-state index in [1.807, 2.05) is 0 Å². The zero-order valence-corrected chi connectivity index (χ0v) is 13.4. The molecule has 0 amide bonds. The lowest BCUT2D eigenvalue weighted by molar-refractivity contribution is 0.189. The number of hydrogen-bond donors (Lipinski definition) is 1. The summed E-state index contributed by atoms with van der Waals surface area (Å²) in [6.07, 6.45) is 6.82. The number of nitrogens with one attached hydrogen (secondary N) is 1. The zero-order chi connectivity index (χ0) is 14.4. The zero-order valence-electron chi connectivity index (χ0n) is 13.4. The first kappa shape index (κ1) is 15.6. The van der Waals surface area contributed by atoms with Gasteiger partial charge >= 0.3 is 0 Å². The van der Waals surface area contributed by atoms with E-state index in [0.29, 0.717) is 6.04 Å². The van der Waals surface area contributed by atoms with Gasteiger partial charge < -0.3 is 5.32 Å². The highest BCUT2D eigenvalue weighted by Gasteiger charge is 2.29. The average molecular weight is 273 g/mol. The molecule has 1 atom stereocenters. The summed E-state index contributed by atoms with van der Waals surface area (Å²) in [4.78, 5) is 0. The van der Waals surface area contributed by atoms with Crippen LogP contribution in [0.2, 0.25) is 0 Å². The maximum absolute atomic E-state index is 3.80. The fourth-order valence-electron chi connectivity index (χ4n) is 3.66. The summed E-state index contributed by atoms with van der Waals surface area (Å²) in [5.74, 6) is 2.63. The second-order valence-electron chi connectivity index (χ2n) is 6.76. The lowest BCUT2D eigenvalue weighted by atomic mass is 9.73. The van der Waals surface area contributed by atoms with Gasteiger partial charge in [-0.1, -0.05) is 51.1 Å². The molecule has 1 unspecified atom stereocenters. The summed E-state index contributed by atoms with van der Waals surface area (Å²) in [6.45, 7) is 8.15. The quantitative estimate of drug-likeness (QED) is 0.752. The van der Waals surface area contributed by atoms with Gasteiger partial charge in [0.05, 0.1) is 0 Å². The van der Waals surface area contributed by atoms with Crippen molar-refractivity contribution in [1.29, 1.82) is 0 Å². The van der Waals surface area contributed by atoms with E-state index in [-0.39, 0.29) is 0 Å². The van der Waals surface area contributed by atoms with Crippen molar-refractivity contribution in [3.63, 3.8) is 0 Å². The third kappa shape index (κ3) is 4.09. The van der Waals surface area contributed by atoms with Crippen LogP contribution in [0, 0.1) is 17.8 Å². The molecule has 1 aliphatic carbocycles. The van der Waals surface area contributed by atoms with Crippen molar-refractivity contribution in [2.45, 2.75) is 58.9 Å². The van der Waals surface area contributed by atoms with E-state index in [9.17, 15) is 0 Å². The average Bonchev–Trinajstić information content (AvgIpc) is 2.49. The first-order valence-electron chi connectivity index (χ1n) is 8.50.